The van der Waals surface area contributed by atoms with Crippen molar-refractivity contribution < 1.29 is 4.74 Å². The summed E-state index contributed by atoms with van der Waals surface area (Å²) in [6.07, 6.45) is 2.16. The Labute approximate surface area is 128 Å². The van der Waals surface area contributed by atoms with E-state index in [9.17, 15) is 0 Å². The van der Waals surface area contributed by atoms with Gasteiger partial charge >= 0.3 is 0 Å². The van der Waals surface area contributed by atoms with E-state index in [2.05, 4.69) is 55.6 Å². The monoisotopic (exact) mass is 296 g/mol. The van der Waals surface area contributed by atoms with Crippen LogP contribution in [0.5, 0.6) is 0 Å². The number of aryl methyl sites for hydroxylation is 1. The number of hydrogen-bond acceptors (Lipinski definition) is 4. The Bertz CT molecular complexity index is 398. The van der Waals surface area contributed by atoms with E-state index in [0.29, 0.717) is 6.04 Å². The molecule has 0 aliphatic carbocycles. The highest BCUT2D eigenvalue weighted by atomic mass is 32.2. The van der Waals surface area contributed by atoms with E-state index < -0.39 is 0 Å². The molecule has 1 atom stereocenters. The highest BCUT2D eigenvalue weighted by Crippen LogP contribution is 2.22. The quantitative estimate of drug-likeness (QED) is 0.708. The first-order chi connectivity index (χ1) is 9.60. The zero-order chi connectivity index (χ0) is 15.0. The van der Waals surface area contributed by atoms with E-state index in [0.717, 1.165) is 25.4 Å². The SMILES string of the molecule is COCCNCc1ccc(N(C)C(C)CSC)c(C)c1. The molecule has 1 unspecified atom stereocenters. The number of ether oxygens (including phenoxy) is 1. The van der Waals surface area contributed by atoms with Gasteiger partial charge in [-0.3, -0.25) is 0 Å². The molecule has 4 heteroatoms. The van der Waals surface area contributed by atoms with Gasteiger partial charge in [-0.2, -0.15) is 11.8 Å². The van der Waals surface area contributed by atoms with Crippen LogP contribution in [0.3, 0.4) is 0 Å². The lowest BCUT2D eigenvalue weighted by molar-refractivity contribution is 0.199. The summed E-state index contributed by atoms with van der Waals surface area (Å²) in [7, 11) is 3.91. The van der Waals surface area contributed by atoms with E-state index in [1.165, 1.54) is 16.8 Å². The fraction of sp³-hybridized carbons (Fsp3) is 0.625. The van der Waals surface area contributed by atoms with E-state index in [1.807, 2.05) is 11.8 Å². The summed E-state index contributed by atoms with van der Waals surface area (Å²) in [5, 5.41) is 3.38. The molecule has 3 nitrogen and oxygen atoms in total. The van der Waals surface area contributed by atoms with Gasteiger partial charge < -0.3 is 15.0 Å². The third-order valence-electron chi connectivity index (χ3n) is 3.52. The van der Waals surface area contributed by atoms with Crippen molar-refractivity contribution in [3.8, 4) is 0 Å². The normalized spacial score (nSPS) is 12.4. The zero-order valence-electron chi connectivity index (χ0n) is 13.4. The van der Waals surface area contributed by atoms with Crippen LogP contribution in [0.2, 0.25) is 0 Å². The van der Waals surface area contributed by atoms with Gasteiger partial charge in [-0.05, 0) is 37.3 Å². The lowest BCUT2D eigenvalue weighted by atomic mass is 10.1. The Hall–Kier alpha value is -0.710. The van der Waals surface area contributed by atoms with Gasteiger partial charge in [0.15, 0.2) is 0 Å². The minimum Gasteiger partial charge on any atom is -0.383 e. The summed E-state index contributed by atoms with van der Waals surface area (Å²) in [6, 6.07) is 7.27. The summed E-state index contributed by atoms with van der Waals surface area (Å²) < 4.78 is 5.03. The molecular formula is C16H28N2OS. The van der Waals surface area contributed by atoms with Crippen LogP contribution in [0.1, 0.15) is 18.1 Å². The highest BCUT2D eigenvalue weighted by Gasteiger charge is 2.11. The average Bonchev–Trinajstić information content (AvgIpc) is 2.43. The molecule has 1 aromatic rings. The van der Waals surface area contributed by atoms with Gasteiger partial charge in [0.05, 0.1) is 6.61 Å². The molecule has 0 spiro atoms. The molecule has 0 saturated carbocycles. The van der Waals surface area contributed by atoms with Gasteiger partial charge in [0.25, 0.3) is 0 Å². The Kier molecular flexibility index (Phi) is 8.04. The maximum Gasteiger partial charge on any atom is 0.0587 e. The standard InChI is InChI=1S/C16H28N2OS/c1-13-10-15(11-17-8-9-19-4)6-7-16(13)18(3)14(2)12-20-5/h6-7,10,14,17H,8-9,11-12H2,1-5H3. The van der Waals surface area contributed by atoms with Crippen molar-refractivity contribution in [2.24, 2.45) is 0 Å². The van der Waals surface area contributed by atoms with Crippen molar-refractivity contribution in [3.05, 3.63) is 29.3 Å². The fourth-order valence-electron chi connectivity index (χ4n) is 2.22. The van der Waals surface area contributed by atoms with Crippen LogP contribution in [-0.4, -0.2) is 45.4 Å². The first-order valence-corrected chi connectivity index (χ1v) is 8.50. The van der Waals surface area contributed by atoms with Gasteiger partial charge in [-0.15, -0.1) is 0 Å². The smallest absolute Gasteiger partial charge is 0.0587 e. The second kappa shape index (κ2) is 9.27. The molecule has 0 radical (unpaired) electrons. The molecule has 1 aromatic carbocycles. The van der Waals surface area contributed by atoms with Gasteiger partial charge in [-0.1, -0.05) is 12.1 Å². The van der Waals surface area contributed by atoms with Crippen molar-refractivity contribution in [1.82, 2.24) is 5.32 Å². The lowest BCUT2D eigenvalue weighted by Gasteiger charge is -2.28. The summed E-state index contributed by atoms with van der Waals surface area (Å²) >= 11 is 1.89. The minimum atomic E-state index is 0.550. The molecule has 0 aliphatic rings. The molecule has 0 saturated heterocycles. The molecule has 0 amide bonds. The Morgan fingerprint density at radius 3 is 2.75 bits per heavy atom. The number of nitrogens with one attached hydrogen (secondary N) is 1. The third-order valence-corrected chi connectivity index (χ3v) is 4.34. The van der Waals surface area contributed by atoms with Crippen LogP contribution in [0.4, 0.5) is 5.69 Å². The van der Waals surface area contributed by atoms with Crippen molar-refractivity contribution in [2.45, 2.75) is 26.4 Å². The summed E-state index contributed by atoms with van der Waals surface area (Å²) in [5.74, 6) is 1.15. The number of hydrogen-bond donors (Lipinski definition) is 1. The number of methoxy groups -OCH3 is 1. The predicted octanol–water partition coefficient (Wildman–Crippen LogP) is 2.92. The molecule has 0 aromatic heterocycles. The van der Waals surface area contributed by atoms with Gasteiger partial charge in [0, 0.05) is 44.7 Å². The second-order valence-electron chi connectivity index (χ2n) is 5.21. The fourth-order valence-corrected chi connectivity index (χ4v) is 2.93. The molecule has 114 valence electrons. The molecular weight excluding hydrogens is 268 g/mol. The van der Waals surface area contributed by atoms with Crippen LogP contribution in [-0.2, 0) is 11.3 Å². The number of benzene rings is 1. The largest absolute Gasteiger partial charge is 0.383 e. The number of anilines is 1. The van der Waals surface area contributed by atoms with E-state index in [1.54, 1.807) is 7.11 Å². The first kappa shape index (κ1) is 17.3. The zero-order valence-corrected chi connectivity index (χ0v) is 14.2. The lowest BCUT2D eigenvalue weighted by Crippen LogP contribution is -2.31. The van der Waals surface area contributed by atoms with Crippen molar-refractivity contribution in [2.75, 3.05) is 44.2 Å². The van der Waals surface area contributed by atoms with Crippen LogP contribution >= 0.6 is 11.8 Å². The molecule has 20 heavy (non-hydrogen) atoms. The van der Waals surface area contributed by atoms with Gasteiger partial charge in [0.1, 0.15) is 0 Å². The maximum absolute atomic E-state index is 5.03. The second-order valence-corrected chi connectivity index (χ2v) is 6.12. The van der Waals surface area contributed by atoms with Crippen LogP contribution in [0, 0.1) is 6.92 Å². The number of nitrogens with zero attached hydrogens (tertiary/aromatic N) is 1. The van der Waals surface area contributed by atoms with Crippen LogP contribution in [0.25, 0.3) is 0 Å². The average molecular weight is 296 g/mol. The number of thioether (sulfide) groups is 1. The van der Waals surface area contributed by atoms with E-state index in [-0.39, 0.29) is 0 Å². The number of rotatable bonds is 9. The van der Waals surface area contributed by atoms with Gasteiger partial charge in [-0.25, -0.2) is 0 Å². The Morgan fingerprint density at radius 2 is 2.15 bits per heavy atom. The van der Waals surface area contributed by atoms with Crippen molar-refractivity contribution in [3.63, 3.8) is 0 Å². The highest BCUT2D eigenvalue weighted by molar-refractivity contribution is 7.98. The van der Waals surface area contributed by atoms with E-state index in [4.69, 9.17) is 4.74 Å². The molecule has 0 aliphatic heterocycles. The summed E-state index contributed by atoms with van der Waals surface area (Å²) in [6.45, 7) is 7.01. The van der Waals surface area contributed by atoms with Gasteiger partial charge in [0.2, 0.25) is 0 Å². The maximum atomic E-state index is 5.03. The van der Waals surface area contributed by atoms with Crippen LogP contribution < -0.4 is 10.2 Å². The Morgan fingerprint density at radius 1 is 1.40 bits per heavy atom. The predicted molar refractivity (Wildman–Crippen MR) is 91.0 cm³/mol. The van der Waals surface area contributed by atoms with Crippen LogP contribution in [0.15, 0.2) is 18.2 Å². The Balaban J connectivity index is 2.63. The van der Waals surface area contributed by atoms with E-state index >= 15 is 0 Å². The molecule has 0 fully saturated rings. The van der Waals surface area contributed by atoms with Crippen molar-refractivity contribution in [1.29, 1.82) is 0 Å². The topological polar surface area (TPSA) is 24.5 Å². The summed E-state index contributed by atoms with van der Waals surface area (Å²) in [5.41, 5.74) is 3.99. The third kappa shape index (κ3) is 5.35. The molecule has 0 heterocycles. The van der Waals surface area contributed by atoms with Crippen molar-refractivity contribution >= 4 is 17.4 Å². The molecule has 1 N–H and O–H groups in total. The molecule has 0 bridgehead atoms. The minimum absolute atomic E-state index is 0.550. The summed E-state index contributed by atoms with van der Waals surface area (Å²) in [4.78, 5) is 2.37. The first-order valence-electron chi connectivity index (χ1n) is 7.11. The molecule has 1 rings (SSSR count).